The van der Waals surface area contributed by atoms with E-state index in [0.29, 0.717) is 0 Å². The number of hydrogen-bond donors (Lipinski definition) is 0. The molecule has 128 valence electrons. The summed E-state index contributed by atoms with van der Waals surface area (Å²) in [5.41, 5.74) is 0. The second-order valence-electron chi connectivity index (χ2n) is 3.79. The molecule has 0 aliphatic heterocycles. The molecule has 0 spiro atoms. The van der Waals surface area contributed by atoms with Gasteiger partial charge in [0.1, 0.15) is 0 Å². The van der Waals surface area contributed by atoms with Crippen LogP contribution in [-0.4, -0.2) is 46.5 Å². The fourth-order valence-corrected chi connectivity index (χ4v) is 3.74. The van der Waals surface area contributed by atoms with Gasteiger partial charge in [0.25, 0.3) is 20.2 Å². The quantitative estimate of drug-likeness (QED) is 0.522. The third kappa shape index (κ3) is 7.82. The van der Waals surface area contributed by atoms with E-state index in [1.807, 2.05) is 0 Å². The third-order valence-corrected chi connectivity index (χ3v) is 5.27. The molecule has 0 amide bonds. The van der Waals surface area contributed by atoms with Crippen LogP contribution in [0.1, 0.15) is 13.8 Å². The molecule has 0 aliphatic carbocycles. The minimum Gasteiger partial charge on any atom is -0.257 e. The smallest absolute Gasteiger partial charge is 0.257 e. The van der Waals surface area contributed by atoms with Gasteiger partial charge in [-0.15, -0.1) is 0 Å². The van der Waals surface area contributed by atoms with Crippen LogP contribution >= 0.6 is 0 Å². The molecule has 6 nitrogen and oxygen atoms in total. The van der Waals surface area contributed by atoms with E-state index >= 15 is 0 Å². The average Bonchev–Trinajstić information content (AvgIpc) is 2.09. The van der Waals surface area contributed by atoms with Gasteiger partial charge < -0.3 is 0 Å². The van der Waals surface area contributed by atoms with Crippen LogP contribution in [0.3, 0.4) is 0 Å². The number of halogens is 6. The second kappa shape index (κ2) is 6.26. The molecule has 0 N–H and O–H groups in total. The molecule has 0 saturated heterocycles. The molecule has 2 unspecified atom stereocenters. The maximum atomic E-state index is 12.1. The summed E-state index contributed by atoms with van der Waals surface area (Å²) in [6, 6.07) is 0. The average molecular weight is 368 g/mol. The van der Waals surface area contributed by atoms with Crippen LogP contribution in [0, 0.1) is 0 Å². The van der Waals surface area contributed by atoms with Gasteiger partial charge in [-0.2, -0.15) is 43.2 Å². The highest BCUT2D eigenvalue weighted by Crippen LogP contribution is 2.26. The molecule has 0 aromatic heterocycles. The highest BCUT2D eigenvalue weighted by molar-refractivity contribution is 8.03. The van der Waals surface area contributed by atoms with Crippen molar-refractivity contribution < 1.29 is 51.5 Å². The van der Waals surface area contributed by atoms with E-state index < -0.39 is 49.9 Å². The Hall–Kier alpha value is -0.600. The Bertz CT molecular complexity index is 497. The fraction of sp³-hybridized carbons (Fsp3) is 1.00. The zero-order valence-corrected chi connectivity index (χ0v) is 12.0. The van der Waals surface area contributed by atoms with Gasteiger partial charge in [-0.05, 0) is 13.8 Å². The van der Waals surface area contributed by atoms with Gasteiger partial charge in [-0.3, -0.25) is 8.37 Å². The summed E-state index contributed by atoms with van der Waals surface area (Å²) in [6.45, 7) is 0.562. The lowest BCUT2D eigenvalue weighted by molar-refractivity contribution is -0.188. The van der Waals surface area contributed by atoms with Crippen molar-refractivity contribution in [2.45, 2.75) is 38.4 Å². The molecular weight excluding hydrogens is 358 g/mol. The molecule has 0 saturated carbocycles. The number of alkyl halides is 6. The zero-order valence-electron chi connectivity index (χ0n) is 10.4. The molecule has 0 heterocycles. The number of hydrogen-bond acceptors (Lipinski definition) is 6. The predicted molar refractivity (Wildman–Crippen MR) is 55.9 cm³/mol. The van der Waals surface area contributed by atoms with Gasteiger partial charge in [0.05, 0.1) is 0 Å². The lowest BCUT2D eigenvalue weighted by Gasteiger charge is -2.18. The molecule has 0 radical (unpaired) electrons. The van der Waals surface area contributed by atoms with Crippen LogP contribution in [0.25, 0.3) is 0 Å². The molecule has 0 aromatic carbocycles. The van der Waals surface area contributed by atoms with E-state index in [1.165, 1.54) is 0 Å². The second-order valence-corrected chi connectivity index (χ2v) is 7.35. The maximum absolute atomic E-state index is 12.1. The Kier molecular flexibility index (Phi) is 6.08. The molecule has 0 aliphatic rings. The van der Waals surface area contributed by atoms with Crippen molar-refractivity contribution in [3.8, 4) is 0 Å². The van der Waals surface area contributed by atoms with Gasteiger partial charge in [0.2, 0.25) is 5.08 Å². The topological polar surface area (TPSA) is 86.7 Å². The van der Waals surface area contributed by atoms with Crippen LogP contribution in [0.15, 0.2) is 0 Å². The standard InChI is InChI=1S/C7H10F6O6S2/c1-4(6(8,9)10)18-20(14,15)3-21(16,17)19-5(2)7(11,12)13/h4-5H,3H2,1-2H3. The molecule has 21 heavy (non-hydrogen) atoms. The van der Waals surface area contributed by atoms with Crippen molar-refractivity contribution in [2.24, 2.45) is 0 Å². The minimum absolute atomic E-state index is 0.281. The monoisotopic (exact) mass is 368 g/mol. The Morgan fingerprint density at radius 3 is 1.19 bits per heavy atom. The van der Waals surface area contributed by atoms with Gasteiger partial charge in [-0.1, -0.05) is 0 Å². The van der Waals surface area contributed by atoms with Gasteiger partial charge in [0.15, 0.2) is 12.2 Å². The van der Waals surface area contributed by atoms with Crippen molar-refractivity contribution >= 4 is 20.2 Å². The Labute approximate surface area is 116 Å². The minimum atomic E-state index is -5.31. The summed E-state index contributed by atoms with van der Waals surface area (Å²) in [4.78, 5) is 0. The first kappa shape index (κ1) is 20.4. The zero-order chi connectivity index (χ0) is 17.3. The fourth-order valence-electron chi connectivity index (χ4n) is 0.781. The molecule has 2 atom stereocenters. The molecule has 0 aromatic rings. The van der Waals surface area contributed by atoms with Crippen molar-refractivity contribution in [1.82, 2.24) is 0 Å². The van der Waals surface area contributed by atoms with Crippen LogP contribution in [0.4, 0.5) is 26.3 Å². The normalized spacial score (nSPS) is 17.5. The first-order chi connectivity index (χ1) is 8.96. The van der Waals surface area contributed by atoms with E-state index in [9.17, 15) is 43.2 Å². The van der Waals surface area contributed by atoms with Crippen molar-refractivity contribution in [3.05, 3.63) is 0 Å². The molecule has 0 rings (SSSR count). The summed E-state index contributed by atoms with van der Waals surface area (Å²) in [7, 11) is -10.6. The van der Waals surface area contributed by atoms with E-state index in [0.717, 1.165) is 0 Å². The van der Waals surface area contributed by atoms with Crippen LogP contribution < -0.4 is 0 Å². The van der Waals surface area contributed by atoms with Crippen molar-refractivity contribution in [2.75, 3.05) is 5.08 Å². The lowest BCUT2D eigenvalue weighted by Crippen LogP contribution is -2.36. The Morgan fingerprint density at radius 1 is 0.762 bits per heavy atom. The number of rotatable bonds is 6. The summed E-state index contributed by atoms with van der Waals surface area (Å²) in [6.07, 6.45) is -15.9. The summed E-state index contributed by atoms with van der Waals surface area (Å²) in [5, 5.41) is -2.18. The third-order valence-electron chi connectivity index (χ3n) is 1.79. The van der Waals surface area contributed by atoms with Gasteiger partial charge in [-0.25, -0.2) is 0 Å². The Morgan fingerprint density at radius 2 is 1.00 bits per heavy atom. The maximum Gasteiger partial charge on any atom is 0.415 e. The van der Waals surface area contributed by atoms with Crippen LogP contribution in [-0.2, 0) is 28.6 Å². The van der Waals surface area contributed by atoms with Crippen LogP contribution in [0.2, 0.25) is 0 Å². The molecular formula is C7H10F6O6S2. The summed E-state index contributed by atoms with van der Waals surface area (Å²) < 4.78 is 124. The van der Waals surface area contributed by atoms with E-state index in [-0.39, 0.29) is 13.8 Å². The summed E-state index contributed by atoms with van der Waals surface area (Å²) in [5.74, 6) is 0. The Balaban J connectivity index is 4.95. The SMILES string of the molecule is CC(OS(=O)(=O)CS(=O)(=O)OC(C)C(F)(F)F)C(F)(F)F. The largest absolute Gasteiger partial charge is 0.415 e. The highest BCUT2D eigenvalue weighted by Gasteiger charge is 2.43. The van der Waals surface area contributed by atoms with Crippen LogP contribution in [0.5, 0.6) is 0 Å². The van der Waals surface area contributed by atoms with Gasteiger partial charge >= 0.3 is 12.4 Å². The first-order valence-corrected chi connectivity index (χ1v) is 8.07. The van der Waals surface area contributed by atoms with Crippen molar-refractivity contribution in [3.63, 3.8) is 0 Å². The van der Waals surface area contributed by atoms with E-state index in [4.69, 9.17) is 0 Å². The molecule has 0 fully saturated rings. The molecule has 14 heteroatoms. The predicted octanol–water partition coefficient (Wildman–Crippen LogP) is 1.54. The summed E-state index contributed by atoms with van der Waals surface area (Å²) >= 11 is 0. The van der Waals surface area contributed by atoms with E-state index in [1.54, 1.807) is 0 Å². The highest BCUT2D eigenvalue weighted by atomic mass is 32.3. The lowest BCUT2D eigenvalue weighted by atomic mass is 10.4. The first-order valence-electron chi connectivity index (χ1n) is 4.91. The van der Waals surface area contributed by atoms with E-state index in [2.05, 4.69) is 8.37 Å². The van der Waals surface area contributed by atoms with Gasteiger partial charge in [0, 0.05) is 0 Å². The van der Waals surface area contributed by atoms with Crippen molar-refractivity contribution in [1.29, 1.82) is 0 Å². The molecule has 0 bridgehead atoms.